The van der Waals surface area contributed by atoms with Gasteiger partial charge >= 0.3 is 0 Å². The van der Waals surface area contributed by atoms with E-state index in [9.17, 15) is 8.42 Å². The van der Waals surface area contributed by atoms with E-state index in [2.05, 4.69) is 14.9 Å². The minimum Gasteiger partial charge on any atom is -0.379 e. The molecule has 1 aliphatic rings. The van der Waals surface area contributed by atoms with Crippen LogP contribution in [-0.2, 0) is 14.8 Å². The maximum absolute atomic E-state index is 11.4. The van der Waals surface area contributed by atoms with Crippen molar-refractivity contribution in [3.05, 3.63) is 0 Å². The number of morpholine rings is 1. The van der Waals surface area contributed by atoms with E-state index >= 15 is 0 Å². The third-order valence-corrected chi connectivity index (χ3v) is 3.86. The second-order valence-corrected chi connectivity index (χ2v) is 5.70. The van der Waals surface area contributed by atoms with Crippen LogP contribution in [0.25, 0.3) is 0 Å². The number of rotatable bonds is 7. The predicted molar refractivity (Wildman–Crippen MR) is 63.0 cm³/mol. The highest BCUT2D eigenvalue weighted by molar-refractivity contribution is 7.89. The Labute approximate surface area is 97.4 Å². The summed E-state index contributed by atoms with van der Waals surface area (Å²) in [5, 5.41) is 2.82. The van der Waals surface area contributed by atoms with E-state index in [1.807, 2.05) is 0 Å². The van der Waals surface area contributed by atoms with E-state index in [1.165, 1.54) is 0 Å². The average molecular weight is 251 g/mol. The lowest BCUT2D eigenvalue weighted by atomic mass is 10.4. The summed E-state index contributed by atoms with van der Waals surface area (Å²) in [7, 11) is -1.38. The fraction of sp³-hybridized carbons (Fsp3) is 1.00. The second-order valence-electron chi connectivity index (χ2n) is 3.77. The third kappa shape index (κ3) is 5.76. The second kappa shape index (κ2) is 7.18. The number of hydrogen-bond donors (Lipinski definition) is 2. The fourth-order valence-electron chi connectivity index (χ4n) is 1.49. The van der Waals surface area contributed by atoms with Crippen LogP contribution in [0.15, 0.2) is 0 Å². The molecule has 1 heterocycles. The number of nitrogens with one attached hydrogen (secondary N) is 2. The van der Waals surface area contributed by atoms with Gasteiger partial charge in [-0.25, -0.2) is 13.1 Å². The maximum Gasteiger partial charge on any atom is 0.212 e. The molecule has 1 rings (SSSR count). The maximum atomic E-state index is 11.4. The monoisotopic (exact) mass is 251 g/mol. The Morgan fingerprint density at radius 3 is 2.56 bits per heavy atom. The first-order valence-electron chi connectivity index (χ1n) is 5.56. The summed E-state index contributed by atoms with van der Waals surface area (Å²) in [5.41, 5.74) is 0. The van der Waals surface area contributed by atoms with Crippen molar-refractivity contribution in [2.75, 3.05) is 58.7 Å². The highest BCUT2D eigenvalue weighted by atomic mass is 32.2. The van der Waals surface area contributed by atoms with Gasteiger partial charge in [-0.05, 0) is 7.05 Å². The van der Waals surface area contributed by atoms with Crippen LogP contribution in [0.1, 0.15) is 0 Å². The van der Waals surface area contributed by atoms with E-state index in [0.29, 0.717) is 13.1 Å². The number of nitrogens with zero attached hydrogens (tertiary/aromatic N) is 1. The summed E-state index contributed by atoms with van der Waals surface area (Å²) >= 11 is 0. The zero-order valence-electron chi connectivity index (χ0n) is 9.74. The van der Waals surface area contributed by atoms with Gasteiger partial charge in [0.1, 0.15) is 0 Å². The first-order valence-corrected chi connectivity index (χ1v) is 7.21. The number of ether oxygens (including phenoxy) is 1. The molecule has 0 atom stereocenters. The fourth-order valence-corrected chi connectivity index (χ4v) is 2.51. The average Bonchev–Trinajstić information content (AvgIpc) is 2.28. The first kappa shape index (κ1) is 13.9. The van der Waals surface area contributed by atoms with Crippen LogP contribution in [0.3, 0.4) is 0 Å². The summed E-state index contributed by atoms with van der Waals surface area (Å²) in [5.74, 6) is 0.132. The molecule has 1 aliphatic heterocycles. The quantitative estimate of drug-likeness (QED) is 0.574. The molecule has 0 amide bonds. The van der Waals surface area contributed by atoms with Crippen molar-refractivity contribution < 1.29 is 13.2 Å². The van der Waals surface area contributed by atoms with Crippen LogP contribution in [0.5, 0.6) is 0 Å². The molecule has 16 heavy (non-hydrogen) atoms. The highest BCUT2D eigenvalue weighted by Gasteiger charge is 2.12. The van der Waals surface area contributed by atoms with E-state index < -0.39 is 10.0 Å². The van der Waals surface area contributed by atoms with Crippen LogP contribution in [0.2, 0.25) is 0 Å². The van der Waals surface area contributed by atoms with E-state index in [0.717, 1.165) is 32.8 Å². The molecular weight excluding hydrogens is 230 g/mol. The normalized spacial score (nSPS) is 18.8. The van der Waals surface area contributed by atoms with Crippen LogP contribution in [-0.4, -0.2) is 72.1 Å². The van der Waals surface area contributed by atoms with Crippen LogP contribution in [0.4, 0.5) is 0 Å². The molecule has 2 N–H and O–H groups in total. The lowest BCUT2D eigenvalue weighted by Crippen LogP contribution is -2.42. The van der Waals surface area contributed by atoms with E-state index in [4.69, 9.17) is 4.74 Å². The minimum atomic E-state index is -3.11. The lowest BCUT2D eigenvalue weighted by molar-refractivity contribution is 0.0390. The molecule has 0 bridgehead atoms. The van der Waals surface area contributed by atoms with Crippen molar-refractivity contribution in [1.82, 2.24) is 14.9 Å². The topological polar surface area (TPSA) is 70.7 Å². The molecule has 1 fully saturated rings. The van der Waals surface area contributed by atoms with E-state index in [-0.39, 0.29) is 5.75 Å². The van der Waals surface area contributed by atoms with Gasteiger partial charge in [-0.3, -0.25) is 4.90 Å². The third-order valence-electron chi connectivity index (χ3n) is 2.47. The highest BCUT2D eigenvalue weighted by Crippen LogP contribution is 1.95. The summed E-state index contributed by atoms with van der Waals surface area (Å²) in [6.07, 6.45) is 0. The number of sulfonamides is 1. The van der Waals surface area contributed by atoms with Crippen molar-refractivity contribution in [3.8, 4) is 0 Å². The standard InChI is InChI=1S/C9H21N3O3S/c1-10-3-9-16(13,14)11-2-4-12-5-7-15-8-6-12/h10-11H,2-9H2,1H3. The Hall–Kier alpha value is -0.210. The number of hydrogen-bond acceptors (Lipinski definition) is 5. The van der Waals surface area contributed by atoms with Crippen LogP contribution >= 0.6 is 0 Å². The molecule has 0 aromatic heterocycles. The molecule has 0 aromatic carbocycles. The minimum absolute atomic E-state index is 0.132. The lowest BCUT2D eigenvalue weighted by Gasteiger charge is -2.26. The molecule has 0 spiro atoms. The molecule has 6 nitrogen and oxygen atoms in total. The zero-order chi connectivity index (χ0) is 11.9. The van der Waals surface area contributed by atoms with Gasteiger partial charge in [0.25, 0.3) is 0 Å². The zero-order valence-corrected chi connectivity index (χ0v) is 10.6. The SMILES string of the molecule is CNCCS(=O)(=O)NCCN1CCOCC1. The molecular formula is C9H21N3O3S. The molecule has 0 aliphatic carbocycles. The molecule has 0 saturated carbocycles. The van der Waals surface area contributed by atoms with Crippen molar-refractivity contribution in [2.24, 2.45) is 0 Å². The van der Waals surface area contributed by atoms with Crippen LogP contribution < -0.4 is 10.0 Å². The Bertz CT molecular complexity index is 276. The van der Waals surface area contributed by atoms with E-state index in [1.54, 1.807) is 7.05 Å². The first-order chi connectivity index (χ1) is 7.64. The Morgan fingerprint density at radius 1 is 1.25 bits per heavy atom. The Morgan fingerprint density at radius 2 is 1.94 bits per heavy atom. The van der Waals surface area contributed by atoms with Gasteiger partial charge in [-0.1, -0.05) is 0 Å². The molecule has 1 saturated heterocycles. The van der Waals surface area contributed by atoms with Gasteiger partial charge in [0, 0.05) is 32.7 Å². The summed E-state index contributed by atoms with van der Waals surface area (Å²) < 4.78 is 30.7. The van der Waals surface area contributed by atoms with Gasteiger partial charge < -0.3 is 10.1 Å². The summed E-state index contributed by atoms with van der Waals surface area (Å²) in [4.78, 5) is 2.20. The summed E-state index contributed by atoms with van der Waals surface area (Å²) in [6, 6.07) is 0. The van der Waals surface area contributed by atoms with Crippen molar-refractivity contribution in [2.45, 2.75) is 0 Å². The van der Waals surface area contributed by atoms with Crippen molar-refractivity contribution >= 4 is 10.0 Å². The Kier molecular flexibility index (Phi) is 6.22. The van der Waals surface area contributed by atoms with Crippen LogP contribution in [0, 0.1) is 0 Å². The molecule has 0 aromatic rings. The molecule has 0 radical (unpaired) electrons. The van der Waals surface area contributed by atoms with Gasteiger partial charge in [0.15, 0.2) is 0 Å². The molecule has 7 heteroatoms. The van der Waals surface area contributed by atoms with Gasteiger partial charge in [0.05, 0.1) is 19.0 Å². The molecule has 0 unspecified atom stereocenters. The van der Waals surface area contributed by atoms with Crippen molar-refractivity contribution in [3.63, 3.8) is 0 Å². The molecule has 96 valence electrons. The summed E-state index contributed by atoms with van der Waals surface area (Å²) in [6.45, 7) is 4.97. The van der Waals surface area contributed by atoms with Crippen molar-refractivity contribution in [1.29, 1.82) is 0 Å². The van der Waals surface area contributed by atoms with Gasteiger partial charge in [0.2, 0.25) is 10.0 Å². The van der Waals surface area contributed by atoms with Gasteiger partial charge in [-0.15, -0.1) is 0 Å². The smallest absolute Gasteiger partial charge is 0.212 e. The van der Waals surface area contributed by atoms with Gasteiger partial charge in [-0.2, -0.15) is 0 Å². The predicted octanol–water partition coefficient (Wildman–Crippen LogP) is -1.54. The largest absolute Gasteiger partial charge is 0.379 e. The Balaban J connectivity index is 2.13.